The highest BCUT2D eigenvalue weighted by molar-refractivity contribution is 5.55. The van der Waals surface area contributed by atoms with Gasteiger partial charge in [-0.25, -0.2) is 0 Å². The average molecular weight is 289 g/mol. The van der Waals surface area contributed by atoms with Crippen molar-refractivity contribution in [1.29, 1.82) is 0 Å². The predicted octanol–water partition coefficient (Wildman–Crippen LogP) is 3.02. The van der Waals surface area contributed by atoms with Gasteiger partial charge in [0.05, 0.1) is 0 Å². The van der Waals surface area contributed by atoms with Gasteiger partial charge in [-0.2, -0.15) is 0 Å². The van der Waals surface area contributed by atoms with E-state index in [-0.39, 0.29) is 5.54 Å². The molecule has 1 heterocycles. The van der Waals surface area contributed by atoms with E-state index in [4.69, 9.17) is 0 Å². The minimum absolute atomic E-state index is 0.167. The Bertz CT molecular complexity index is 474. The maximum atomic E-state index is 3.56. The molecule has 0 radical (unpaired) electrons. The summed E-state index contributed by atoms with van der Waals surface area (Å²) < 4.78 is 0. The van der Waals surface area contributed by atoms with Crippen LogP contribution in [0.3, 0.4) is 0 Å². The van der Waals surface area contributed by atoms with E-state index < -0.39 is 0 Å². The lowest BCUT2D eigenvalue weighted by Gasteiger charge is -2.24. The topological polar surface area (TPSA) is 18.5 Å². The lowest BCUT2D eigenvalue weighted by atomic mass is 10.1. The fraction of sp³-hybridized carbons (Fsp3) is 0.667. The molecule has 0 amide bonds. The molecule has 1 aromatic carbocycles. The van der Waals surface area contributed by atoms with Gasteiger partial charge >= 0.3 is 0 Å². The van der Waals surface area contributed by atoms with Gasteiger partial charge in [0.15, 0.2) is 0 Å². The predicted molar refractivity (Wildman–Crippen MR) is 92.1 cm³/mol. The van der Waals surface area contributed by atoms with E-state index in [1.807, 2.05) is 0 Å². The van der Waals surface area contributed by atoms with Gasteiger partial charge in [-0.15, -0.1) is 0 Å². The molecule has 0 saturated carbocycles. The second-order valence-corrected chi connectivity index (χ2v) is 7.58. The Morgan fingerprint density at radius 3 is 2.52 bits per heavy atom. The van der Waals surface area contributed by atoms with Crippen molar-refractivity contribution in [3.63, 3.8) is 0 Å². The third kappa shape index (κ3) is 4.45. The number of hydrogen-bond acceptors (Lipinski definition) is 3. The Kier molecular flexibility index (Phi) is 4.95. The molecular weight excluding hydrogens is 258 g/mol. The smallest absolute Gasteiger partial charge is 0.0396 e. The van der Waals surface area contributed by atoms with Crippen LogP contribution in [0.4, 0.5) is 5.69 Å². The summed E-state index contributed by atoms with van der Waals surface area (Å²) >= 11 is 0. The normalized spacial score (nSPS) is 19.6. The zero-order chi connectivity index (χ0) is 15.6. The molecular formula is C18H31N3. The first-order chi connectivity index (χ1) is 9.76. The minimum atomic E-state index is 0.167. The molecule has 1 atom stereocenters. The van der Waals surface area contributed by atoms with Crippen LogP contribution in [-0.4, -0.2) is 43.7 Å². The van der Waals surface area contributed by atoms with Crippen molar-refractivity contribution in [2.75, 3.05) is 32.1 Å². The Hall–Kier alpha value is -1.06. The van der Waals surface area contributed by atoms with Gasteiger partial charge in [-0.05, 0) is 65.4 Å². The molecule has 1 fully saturated rings. The average Bonchev–Trinajstić information content (AvgIpc) is 2.85. The zero-order valence-electron chi connectivity index (χ0n) is 14.5. The lowest BCUT2D eigenvalue weighted by molar-refractivity contribution is 0.315. The lowest BCUT2D eigenvalue weighted by Crippen LogP contribution is -2.35. The Morgan fingerprint density at radius 1 is 1.29 bits per heavy atom. The summed E-state index contributed by atoms with van der Waals surface area (Å²) in [5.74, 6) is 0. The molecule has 1 N–H and O–H groups in total. The van der Waals surface area contributed by atoms with Crippen molar-refractivity contribution < 1.29 is 0 Å². The number of nitrogens with one attached hydrogen (secondary N) is 1. The quantitative estimate of drug-likeness (QED) is 0.919. The number of aryl methyl sites for hydroxylation is 1. The van der Waals surface area contributed by atoms with Crippen LogP contribution in [0.25, 0.3) is 0 Å². The maximum absolute atomic E-state index is 3.56. The number of hydrogen-bond donors (Lipinski definition) is 1. The highest BCUT2D eigenvalue weighted by atomic mass is 15.2. The number of likely N-dealkylation sites (N-methyl/N-ethyl adjacent to an activating group) is 1. The fourth-order valence-electron chi connectivity index (χ4n) is 2.93. The molecule has 0 aliphatic carbocycles. The van der Waals surface area contributed by atoms with Crippen LogP contribution in [0.5, 0.6) is 0 Å². The third-order valence-corrected chi connectivity index (χ3v) is 4.32. The van der Waals surface area contributed by atoms with E-state index in [9.17, 15) is 0 Å². The van der Waals surface area contributed by atoms with Crippen LogP contribution in [0.1, 0.15) is 38.3 Å². The second kappa shape index (κ2) is 6.37. The van der Waals surface area contributed by atoms with Crippen LogP contribution < -0.4 is 10.2 Å². The van der Waals surface area contributed by atoms with Crippen molar-refractivity contribution in [3.8, 4) is 0 Å². The number of benzene rings is 1. The van der Waals surface area contributed by atoms with E-state index in [2.05, 4.69) is 75.1 Å². The summed E-state index contributed by atoms with van der Waals surface area (Å²) in [6, 6.07) is 7.58. The van der Waals surface area contributed by atoms with E-state index in [0.29, 0.717) is 6.04 Å². The number of nitrogens with zero attached hydrogens (tertiary/aromatic N) is 2. The molecule has 1 aliphatic heterocycles. The number of rotatable bonds is 4. The molecule has 1 aromatic rings. The highest BCUT2D eigenvalue weighted by Gasteiger charge is 2.24. The van der Waals surface area contributed by atoms with Crippen LogP contribution in [0.2, 0.25) is 0 Å². The molecule has 1 aliphatic rings. The summed E-state index contributed by atoms with van der Waals surface area (Å²) in [6.07, 6.45) is 1.26. The summed E-state index contributed by atoms with van der Waals surface area (Å²) in [5, 5.41) is 3.56. The van der Waals surface area contributed by atoms with Crippen LogP contribution in [0.15, 0.2) is 18.2 Å². The van der Waals surface area contributed by atoms with Gasteiger partial charge in [0.1, 0.15) is 0 Å². The first-order valence-electron chi connectivity index (χ1n) is 8.02. The molecule has 0 bridgehead atoms. The monoisotopic (exact) mass is 289 g/mol. The van der Waals surface area contributed by atoms with Crippen molar-refractivity contribution in [2.45, 2.75) is 52.2 Å². The Morgan fingerprint density at radius 2 is 2.00 bits per heavy atom. The van der Waals surface area contributed by atoms with E-state index in [0.717, 1.165) is 13.1 Å². The van der Waals surface area contributed by atoms with E-state index in [1.165, 1.54) is 29.8 Å². The summed E-state index contributed by atoms with van der Waals surface area (Å²) in [4.78, 5) is 4.87. The molecule has 3 heteroatoms. The molecule has 0 spiro atoms. The summed E-state index contributed by atoms with van der Waals surface area (Å²) in [5.41, 5.74) is 4.33. The van der Waals surface area contributed by atoms with E-state index in [1.54, 1.807) is 0 Å². The largest absolute Gasteiger partial charge is 0.370 e. The highest BCUT2D eigenvalue weighted by Crippen LogP contribution is 2.26. The van der Waals surface area contributed by atoms with Gasteiger partial charge in [-0.3, -0.25) is 0 Å². The molecule has 0 aromatic heterocycles. The molecule has 1 unspecified atom stereocenters. The zero-order valence-corrected chi connectivity index (χ0v) is 14.5. The molecule has 1 saturated heterocycles. The molecule has 118 valence electrons. The first-order valence-corrected chi connectivity index (χ1v) is 8.02. The molecule has 21 heavy (non-hydrogen) atoms. The van der Waals surface area contributed by atoms with Crippen molar-refractivity contribution in [1.82, 2.24) is 10.2 Å². The van der Waals surface area contributed by atoms with Gasteiger partial charge in [-0.1, -0.05) is 12.1 Å². The minimum Gasteiger partial charge on any atom is -0.370 e. The fourth-order valence-corrected chi connectivity index (χ4v) is 2.93. The van der Waals surface area contributed by atoms with Crippen molar-refractivity contribution >= 4 is 5.69 Å². The van der Waals surface area contributed by atoms with Crippen LogP contribution in [0, 0.1) is 6.92 Å². The van der Waals surface area contributed by atoms with Crippen molar-refractivity contribution in [3.05, 3.63) is 29.3 Å². The van der Waals surface area contributed by atoms with Crippen molar-refractivity contribution in [2.24, 2.45) is 0 Å². The number of anilines is 1. The molecule has 2 rings (SSSR count). The van der Waals surface area contributed by atoms with Gasteiger partial charge < -0.3 is 15.1 Å². The Balaban J connectivity index is 2.03. The Labute approximate surface area is 130 Å². The van der Waals surface area contributed by atoms with Crippen LogP contribution >= 0.6 is 0 Å². The second-order valence-electron chi connectivity index (χ2n) is 7.58. The maximum Gasteiger partial charge on any atom is 0.0396 e. The van der Waals surface area contributed by atoms with Crippen LogP contribution in [-0.2, 0) is 6.54 Å². The SMILES string of the molecule is Cc1cc(CNC(C)(C)C)ccc1N1CCC(N(C)C)C1. The van der Waals surface area contributed by atoms with E-state index >= 15 is 0 Å². The first kappa shape index (κ1) is 16.3. The van der Waals surface area contributed by atoms with Gasteiger partial charge in [0, 0.05) is 36.9 Å². The van der Waals surface area contributed by atoms with Gasteiger partial charge in [0.25, 0.3) is 0 Å². The summed E-state index contributed by atoms with van der Waals surface area (Å²) in [7, 11) is 4.37. The van der Waals surface area contributed by atoms with Gasteiger partial charge in [0.2, 0.25) is 0 Å². The standard InChI is InChI=1S/C18H31N3/c1-14-11-15(12-19-18(2,3)4)7-8-17(14)21-10-9-16(13-21)20(5)6/h7-8,11,16,19H,9-10,12-13H2,1-6H3. The molecule has 3 nitrogen and oxygen atoms in total. The summed E-state index contributed by atoms with van der Waals surface area (Å²) in [6.45, 7) is 12.1. The third-order valence-electron chi connectivity index (χ3n) is 4.32.